The fourth-order valence-electron chi connectivity index (χ4n) is 2.37. The Morgan fingerprint density at radius 3 is 2.37 bits per heavy atom. The van der Waals surface area contributed by atoms with Crippen LogP contribution in [0.25, 0.3) is 0 Å². The SMILES string of the molecule is CC1(C)CCC(NC(=O)c2ccc(C(=O)O)o2)CC1. The molecule has 5 nitrogen and oxygen atoms in total. The molecule has 1 aliphatic rings. The van der Waals surface area contributed by atoms with Gasteiger partial charge in [-0.25, -0.2) is 4.79 Å². The second-order valence-corrected chi connectivity index (χ2v) is 5.88. The molecular weight excluding hydrogens is 246 g/mol. The molecule has 2 N–H and O–H groups in total. The number of carboxylic acids is 1. The molecule has 1 fully saturated rings. The number of rotatable bonds is 3. The van der Waals surface area contributed by atoms with Gasteiger partial charge in [0.05, 0.1) is 0 Å². The summed E-state index contributed by atoms with van der Waals surface area (Å²) in [6.45, 7) is 4.47. The summed E-state index contributed by atoms with van der Waals surface area (Å²) in [7, 11) is 0. The standard InChI is InChI=1S/C14H19NO4/c1-14(2)7-5-9(6-8-14)15-12(16)10-3-4-11(19-10)13(17)18/h3-4,9H,5-8H2,1-2H3,(H,15,16)(H,17,18). The Balaban J connectivity index is 1.92. The molecule has 19 heavy (non-hydrogen) atoms. The summed E-state index contributed by atoms with van der Waals surface area (Å²) >= 11 is 0. The smallest absolute Gasteiger partial charge is 0.371 e. The van der Waals surface area contributed by atoms with E-state index in [0.717, 1.165) is 25.7 Å². The van der Waals surface area contributed by atoms with Crippen LogP contribution in [0.3, 0.4) is 0 Å². The van der Waals surface area contributed by atoms with Crippen molar-refractivity contribution in [2.45, 2.75) is 45.6 Å². The fourth-order valence-corrected chi connectivity index (χ4v) is 2.37. The summed E-state index contributed by atoms with van der Waals surface area (Å²) in [5.41, 5.74) is 0.350. The largest absolute Gasteiger partial charge is 0.475 e. The Morgan fingerprint density at radius 2 is 1.84 bits per heavy atom. The Hall–Kier alpha value is -1.78. The highest BCUT2D eigenvalue weighted by atomic mass is 16.4. The van der Waals surface area contributed by atoms with Crippen molar-refractivity contribution in [2.24, 2.45) is 5.41 Å². The second kappa shape index (κ2) is 5.07. The number of amides is 1. The highest BCUT2D eigenvalue weighted by Crippen LogP contribution is 2.35. The van der Waals surface area contributed by atoms with Crippen LogP contribution in [0.2, 0.25) is 0 Å². The van der Waals surface area contributed by atoms with Crippen LogP contribution in [0.1, 0.15) is 60.6 Å². The average molecular weight is 265 g/mol. The summed E-state index contributed by atoms with van der Waals surface area (Å²) in [5.74, 6) is -1.66. The van der Waals surface area contributed by atoms with Gasteiger partial charge in [-0.3, -0.25) is 4.79 Å². The zero-order valence-corrected chi connectivity index (χ0v) is 11.2. The molecule has 1 aromatic heterocycles. The topological polar surface area (TPSA) is 79.5 Å². The minimum atomic E-state index is -1.17. The lowest BCUT2D eigenvalue weighted by molar-refractivity contribution is 0.0659. The molecule has 0 saturated heterocycles. The van der Waals surface area contributed by atoms with Crippen molar-refractivity contribution in [1.82, 2.24) is 5.32 Å². The third-order valence-corrected chi connectivity index (χ3v) is 3.71. The lowest BCUT2D eigenvalue weighted by Gasteiger charge is -2.34. The second-order valence-electron chi connectivity index (χ2n) is 5.88. The number of carboxylic acid groups (broad SMARTS) is 1. The minimum Gasteiger partial charge on any atom is -0.475 e. The van der Waals surface area contributed by atoms with Crippen molar-refractivity contribution in [2.75, 3.05) is 0 Å². The first-order valence-corrected chi connectivity index (χ1v) is 6.51. The molecule has 5 heteroatoms. The van der Waals surface area contributed by atoms with Crippen molar-refractivity contribution in [1.29, 1.82) is 0 Å². The molecule has 0 spiro atoms. The van der Waals surface area contributed by atoms with Gasteiger partial charge in [0, 0.05) is 6.04 Å². The summed E-state index contributed by atoms with van der Waals surface area (Å²) in [5, 5.41) is 11.6. The predicted molar refractivity (Wildman–Crippen MR) is 69.2 cm³/mol. The highest BCUT2D eigenvalue weighted by Gasteiger charge is 2.28. The molecule has 0 aliphatic heterocycles. The zero-order valence-electron chi connectivity index (χ0n) is 11.2. The number of hydrogen-bond donors (Lipinski definition) is 2. The van der Waals surface area contributed by atoms with E-state index in [2.05, 4.69) is 19.2 Å². The van der Waals surface area contributed by atoms with Crippen molar-refractivity contribution in [3.05, 3.63) is 23.7 Å². The highest BCUT2D eigenvalue weighted by molar-refractivity contribution is 5.93. The van der Waals surface area contributed by atoms with Crippen LogP contribution in [-0.4, -0.2) is 23.0 Å². The molecule has 1 amide bonds. The van der Waals surface area contributed by atoms with Crippen LogP contribution in [0, 0.1) is 5.41 Å². The van der Waals surface area contributed by atoms with E-state index in [1.54, 1.807) is 0 Å². The molecule has 0 unspecified atom stereocenters. The molecule has 1 heterocycles. The van der Waals surface area contributed by atoms with Gasteiger partial charge in [0.25, 0.3) is 5.91 Å². The summed E-state index contributed by atoms with van der Waals surface area (Å²) in [6.07, 6.45) is 4.06. The first-order chi connectivity index (χ1) is 8.87. The normalized spacial score (nSPS) is 19.1. The number of nitrogens with one attached hydrogen (secondary N) is 1. The first kappa shape index (κ1) is 13.6. The van der Waals surface area contributed by atoms with Gasteiger partial charge in [-0.1, -0.05) is 13.8 Å². The molecule has 0 radical (unpaired) electrons. The molecular formula is C14H19NO4. The quantitative estimate of drug-likeness (QED) is 0.880. The Bertz CT molecular complexity index is 479. The Labute approximate surface area is 112 Å². The van der Waals surface area contributed by atoms with Crippen molar-refractivity contribution < 1.29 is 19.1 Å². The van der Waals surface area contributed by atoms with E-state index in [4.69, 9.17) is 9.52 Å². The van der Waals surface area contributed by atoms with Crippen LogP contribution >= 0.6 is 0 Å². The maximum atomic E-state index is 11.9. The molecule has 1 aromatic rings. The maximum absolute atomic E-state index is 11.9. The molecule has 1 saturated carbocycles. The van der Waals surface area contributed by atoms with Crippen molar-refractivity contribution in [3.8, 4) is 0 Å². The number of aromatic carboxylic acids is 1. The predicted octanol–water partition coefficient (Wildman–Crippen LogP) is 2.68. The van der Waals surface area contributed by atoms with Gasteiger partial charge < -0.3 is 14.8 Å². The monoisotopic (exact) mass is 265 g/mol. The van der Waals surface area contributed by atoms with E-state index in [1.165, 1.54) is 12.1 Å². The van der Waals surface area contributed by atoms with E-state index in [-0.39, 0.29) is 23.5 Å². The van der Waals surface area contributed by atoms with Gasteiger partial charge in [0.1, 0.15) is 0 Å². The third-order valence-electron chi connectivity index (χ3n) is 3.71. The van der Waals surface area contributed by atoms with Gasteiger partial charge >= 0.3 is 5.97 Å². The van der Waals surface area contributed by atoms with Crippen molar-refractivity contribution >= 4 is 11.9 Å². The first-order valence-electron chi connectivity index (χ1n) is 6.51. The number of hydrogen-bond acceptors (Lipinski definition) is 3. The van der Waals surface area contributed by atoms with Gasteiger partial charge in [-0.05, 0) is 43.2 Å². The molecule has 0 aromatic carbocycles. The molecule has 1 aliphatic carbocycles. The maximum Gasteiger partial charge on any atom is 0.371 e. The van der Waals surface area contributed by atoms with Crippen LogP contribution in [0.15, 0.2) is 16.5 Å². The average Bonchev–Trinajstić information content (AvgIpc) is 2.81. The molecule has 0 bridgehead atoms. The minimum absolute atomic E-state index is 0.0576. The fraction of sp³-hybridized carbons (Fsp3) is 0.571. The van der Waals surface area contributed by atoms with Crippen molar-refractivity contribution in [3.63, 3.8) is 0 Å². The Kier molecular flexibility index (Phi) is 3.64. The van der Waals surface area contributed by atoms with E-state index in [9.17, 15) is 9.59 Å². The third kappa shape index (κ3) is 3.36. The van der Waals surface area contributed by atoms with Gasteiger partial charge in [-0.15, -0.1) is 0 Å². The van der Waals surface area contributed by atoms with Crippen LogP contribution < -0.4 is 5.32 Å². The van der Waals surface area contributed by atoms with Gasteiger partial charge in [0.2, 0.25) is 5.76 Å². The van der Waals surface area contributed by atoms with Gasteiger partial charge in [0.15, 0.2) is 5.76 Å². The number of furan rings is 1. The van der Waals surface area contributed by atoms with E-state index in [1.807, 2.05) is 0 Å². The molecule has 2 rings (SSSR count). The number of carbonyl (C=O) groups is 2. The Morgan fingerprint density at radius 1 is 1.26 bits per heavy atom. The number of carbonyl (C=O) groups excluding carboxylic acids is 1. The van der Waals surface area contributed by atoms with Gasteiger partial charge in [-0.2, -0.15) is 0 Å². The summed E-state index contributed by atoms with van der Waals surface area (Å²) in [6, 6.07) is 2.84. The van der Waals surface area contributed by atoms with Crippen LogP contribution in [0.4, 0.5) is 0 Å². The van der Waals surface area contributed by atoms with E-state index >= 15 is 0 Å². The van der Waals surface area contributed by atoms with Crippen LogP contribution in [-0.2, 0) is 0 Å². The zero-order chi connectivity index (χ0) is 14.0. The van der Waals surface area contributed by atoms with E-state index < -0.39 is 5.97 Å². The molecule has 104 valence electrons. The summed E-state index contributed by atoms with van der Waals surface area (Å²) in [4.78, 5) is 22.6. The molecule has 0 atom stereocenters. The lowest BCUT2D eigenvalue weighted by atomic mass is 9.75. The summed E-state index contributed by atoms with van der Waals surface area (Å²) < 4.78 is 4.98. The lowest BCUT2D eigenvalue weighted by Crippen LogP contribution is -2.39. The van der Waals surface area contributed by atoms with E-state index in [0.29, 0.717) is 5.41 Å². The van der Waals surface area contributed by atoms with Crippen LogP contribution in [0.5, 0.6) is 0 Å².